The number of carbonyl (C=O) groups excluding carboxylic acids is 1. The zero-order valence-electron chi connectivity index (χ0n) is 14.2. The van der Waals surface area contributed by atoms with Crippen molar-refractivity contribution < 1.29 is 4.79 Å². The number of amides is 1. The Morgan fingerprint density at radius 1 is 1.04 bits per heavy atom. The summed E-state index contributed by atoms with van der Waals surface area (Å²) in [6.07, 6.45) is 0. The van der Waals surface area contributed by atoms with Crippen LogP contribution in [0.4, 0.5) is 5.13 Å². The molecule has 0 radical (unpaired) electrons. The first-order valence-corrected chi connectivity index (χ1v) is 9.54. The van der Waals surface area contributed by atoms with Crippen molar-refractivity contribution in [3.63, 3.8) is 0 Å². The van der Waals surface area contributed by atoms with Crippen molar-refractivity contribution in [1.82, 2.24) is 10.2 Å². The van der Waals surface area contributed by atoms with Crippen LogP contribution in [-0.4, -0.2) is 23.2 Å². The third-order valence-electron chi connectivity index (χ3n) is 3.92. The summed E-state index contributed by atoms with van der Waals surface area (Å²) >= 11 is 4.82. The van der Waals surface area contributed by atoms with Crippen molar-refractivity contribution in [3.8, 4) is 10.6 Å². The molecule has 0 aliphatic rings. The molecular formula is C19H18BrN3OS. The number of rotatable bonds is 4. The van der Waals surface area contributed by atoms with Crippen LogP contribution >= 0.6 is 27.3 Å². The molecule has 0 atom stereocenters. The van der Waals surface area contributed by atoms with Crippen LogP contribution in [0.25, 0.3) is 10.6 Å². The molecule has 25 heavy (non-hydrogen) atoms. The topological polar surface area (TPSA) is 46.1 Å². The van der Waals surface area contributed by atoms with Crippen molar-refractivity contribution in [2.75, 3.05) is 11.9 Å². The Morgan fingerprint density at radius 3 is 2.28 bits per heavy atom. The van der Waals surface area contributed by atoms with E-state index in [4.69, 9.17) is 0 Å². The van der Waals surface area contributed by atoms with Crippen molar-refractivity contribution in [3.05, 3.63) is 64.1 Å². The highest BCUT2D eigenvalue weighted by Gasteiger charge is 2.18. The lowest BCUT2D eigenvalue weighted by Gasteiger charge is -2.13. The highest BCUT2D eigenvalue weighted by molar-refractivity contribution is 9.10. The number of carbonyl (C=O) groups is 1. The molecule has 0 aliphatic heterocycles. The molecule has 0 saturated carbocycles. The molecule has 0 aliphatic carbocycles. The van der Waals surface area contributed by atoms with Crippen LogP contribution in [-0.2, 0) is 0 Å². The van der Waals surface area contributed by atoms with Gasteiger partial charge in [0.05, 0.1) is 0 Å². The summed E-state index contributed by atoms with van der Waals surface area (Å²) in [5.41, 5.74) is 2.84. The molecule has 3 rings (SSSR count). The van der Waals surface area contributed by atoms with E-state index in [1.54, 1.807) is 11.9 Å². The van der Waals surface area contributed by atoms with Crippen LogP contribution in [0.1, 0.15) is 35.7 Å². The number of nitrogens with zero attached hydrogens (tertiary/aromatic N) is 3. The SMILES string of the molecule is CC(C)c1ccc(C(=O)N(C)c2nnc(-c3ccc(Br)cc3)s2)cc1. The van der Waals surface area contributed by atoms with Crippen LogP contribution < -0.4 is 4.90 Å². The van der Waals surface area contributed by atoms with Crippen LogP contribution in [0.2, 0.25) is 0 Å². The second kappa shape index (κ2) is 7.45. The number of anilines is 1. The molecule has 128 valence electrons. The van der Waals surface area contributed by atoms with Gasteiger partial charge in [0.25, 0.3) is 5.91 Å². The first kappa shape index (κ1) is 17.8. The normalized spacial score (nSPS) is 10.9. The van der Waals surface area contributed by atoms with E-state index >= 15 is 0 Å². The molecule has 1 heterocycles. The highest BCUT2D eigenvalue weighted by atomic mass is 79.9. The first-order chi connectivity index (χ1) is 12.0. The van der Waals surface area contributed by atoms with E-state index in [1.807, 2.05) is 48.5 Å². The Balaban J connectivity index is 1.79. The minimum atomic E-state index is -0.0891. The molecule has 0 saturated heterocycles. The average molecular weight is 416 g/mol. The fourth-order valence-corrected chi connectivity index (χ4v) is 3.43. The smallest absolute Gasteiger partial charge is 0.259 e. The molecule has 0 bridgehead atoms. The second-order valence-electron chi connectivity index (χ2n) is 6.04. The van der Waals surface area contributed by atoms with E-state index in [9.17, 15) is 4.79 Å². The summed E-state index contributed by atoms with van der Waals surface area (Å²) in [5.74, 6) is 0.354. The van der Waals surface area contributed by atoms with Crippen molar-refractivity contribution in [1.29, 1.82) is 0 Å². The Hall–Kier alpha value is -2.05. The minimum Gasteiger partial charge on any atom is -0.286 e. The molecule has 3 aromatic rings. The van der Waals surface area contributed by atoms with Gasteiger partial charge >= 0.3 is 0 Å². The van der Waals surface area contributed by atoms with E-state index in [0.717, 1.165) is 15.0 Å². The standard InChI is InChI=1S/C19H18BrN3OS/c1-12(2)13-4-6-15(7-5-13)18(24)23(3)19-22-21-17(25-19)14-8-10-16(20)11-9-14/h4-12H,1-3H3. The molecule has 0 N–H and O–H groups in total. The van der Waals surface area contributed by atoms with E-state index < -0.39 is 0 Å². The predicted octanol–water partition coefficient (Wildman–Crippen LogP) is 5.37. The fraction of sp³-hybridized carbons (Fsp3) is 0.211. The van der Waals surface area contributed by atoms with Crippen LogP contribution in [0.5, 0.6) is 0 Å². The molecule has 0 unspecified atom stereocenters. The van der Waals surface area contributed by atoms with Gasteiger partial charge in [-0.3, -0.25) is 9.69 Å². The monoisotopic (exact) mass is 415 g/mol. The predicted molar refractivity (Wildman–Crippen MR) is 106 cm³/mol. The average Bonchev–Trinajstić information content (AvgIpc) is 3.11. The van der Waals surface area contributed by atoms with Gasteiger partial charge in [0.15, 0.2) is 0 Å². The van der Waals surface area contributed by atoms with Gasteiger partial charge in [-0.1, -0.05) is 65.4 Å². The van der Waals surface area contributed by atoms with E-state index in [0.29, 0.717) is 16.6 Å². The molecule has 2 aromatic carbocycles. The summed E-state index contributed by atoms with van der Waals surface area (Å²) in [7, 11) is 1.73. The number of benzene rings is 2. The molecule has 6 heteroatoms. The Morgan fingerprint density at radius 2 is 1.68 bits per heavy atom. The summed E-state index contributed by atoms with van der Waals surface area (Å²) < 4.78 is 1.01. The lowest BCUT2D eigenvalue weighted by molar-refractivity contribution is 0.0993. The first-order valence-electron chi connectivity index (χ1n) is 7.93. The van der Waals surface area contributed by atoms with Crippen molar-refractivity contribution >= 4 is 38.3 Å². The summed E-state index contributed by atoms with van der Waals surface area (Å²) in [6.45, 7) is 4.27. The lowest BCUT2D eigenvalue weighted by Crippen LogP contribution is -2.26. The van der Waals surface area contributed by atoms with Gasteiger partial charge in [-0.2, -0.15) is 0 Å². The molecule has 0 spiro atoms. The van der Waals surface area contributed by atoms with E-state index in [-0.39, 0.29) is 5.91 Å². The quantitative estimate of drug-likeness (QED) is 0.575. The molecule has 4 nitrogen and oxygen atoms in total. The summed E-state index contributed by atoms with van der Waals surface area (Å²) in [5, 5.41) is 9.75. The number of aromatic nitrogens is 2. The third kappa shape index (κ3) is 3.96. The fourth-order valence-electron chi connectivity index (χ4n) is 2.35. The van der Waals surface area contributed by atoms with Gasteiger partial charge < -0.3 is 0 Å². The molecule has 0 fully saturated rings. The summed E-state index contributed by atoms with van der Waals surface area (Å²) in [4.78, 5) is 14.2. The van der Waals surface area contributed by atoms with Crippen molar-refractivity contribution in [2.45, 2.75) is 19.8 Å². The van der Waals surface area contributed by atoms with E-state index in [2.05, 4.69) is 40.0 Å². The van der Waals surface area contributed by atoms with Crippen LogP contribution in [0, 0.1) is 0 Å². The summed E-state index contributed by atoms with van der Waals surface area (Å²) in [6, 6.07) is 15.6. The highest BCUT2D eigenvalue weighted by Crippen LogP contribution is 2.29. The maximum absolute atomic E-state index is 12.7. The molecular weight excluding hydrogens is 398 g/mol. The van der Waals surface area contributed by atoms with Gasteiger partial charge in [0.1, 0.15) is 5.01 Å². The number of hydrogen-bond acceptors (Lipinski definition) is 4. The van der Waals surface area contributed by atoms with Crippen molar-refractivity contribution in [2.24, 2.45) is 0 Å². The zero-order valence-corrected chi connectivity index (χ0v) is 16.6. The van der Waals surface area contributed by atoms with Gasteiger partial charge in [-0.15, -0.1) is 10.2 Å². The van der Waals surface area contributed by atoms with Crippen LogP contribution in [0.3, 0.4) is 0 Å². The molecule has 1 amide bonds. The Bertz CT molecular complexity index is 872. The zero-order chi connectivity index (χ0) is 18.0. The number of hydrogen-bond donors (Lipinski definition) is 0. The number of halogens is 1. The molecule has 1 aromatic heterocycles. The second-order valence-corrected chi connectivity index (χ2v) is 7.91. The van der Waals surface area contributed by atoms with Gasteiger partial charge in [-0.05, 0) is 35.7 Å². The van der Waals surface area contributed by atoms with Gasteiger partial charge in [-0.25, -0.2) is 0 Å². The van der Waals surface area contributed by atoms with E-state index in [1.165, 1.54) is 16.9 Å². The van der Waals surface area contributed by atoms with Gasteiger partial charge in [0.2, 0.25) is 5.13 Å². The lowest BCUT2D eigenvalue weighted by atomic mass is 10.0. The maximum atomic E-state index is 12.7. The minimum absolute atomic E-state index is 0.0891. The largest absolute Gasteiger partial charge is 0.286 e. The Kier molecular flexibility index (Phi) is 5.30. The van der Waals surface area contributed by atoms with Gasteiger partial charge in [0, 0.05) is 22.6 Å². The van der Waals surface area contributed by atoms with Crippen LogP contribution in [0.15, 0.2) is 53.0 Å². The maximum Gasteiger partial charge on any atom is 0.259 e. The Labute approximate surface area is 159 Å². The third-order valence-corrected chi connectivity index (χ3v) is 5.50.